The third-order valence-electron chi connectivity index (χ3n) is 4.06. The Morgan fingerprint density at radius 1 is 1.27 bits per heavy atom. The molecule has 0 spiro atoms. The smallest absolute Gasteiger partial charge is 0.261 e. The first-order valence-electron chi connectivity index (χ1n) is 7.51. The minimum absolute atomic E-state index is 0.0483. The van der Waals surface area contributed by atoms with Crippen molar-refractivity contribution in [1.82, 2.24) is 10.6 Å². The first-order valence-corrected chi connectivity index (χ1v) is 9.12. The van der Waals surface area contributed by atoms with E-state index in [9.17, 15) is 4.79 Å². The van der Waals surface area contributed by atoms with Crippen LogP contribution in [0, 0.1) is 5.92 Å². The second kappa shape index (κ2) is 6.94. The predicted molar refractivity (Wildman–Crippen MR) is 95.4 cm³/mol. The van der Waals surface area contributed by atoms with Gasteiger partial charge in [-0.2, -0.15) is 0 Å². The van der Waals surface area contributed by atoms with Gasteiger partial charge in [-0.3, -0.25) is 4.79 Å². The van der Waals surface area contributed by atoms with Crippen molar-refractivity contribution in [3.63, 3.8) is 0 Å². The molecule has 0 aliphatic carbocycles. The molecule has 1 fully saturated rings. The van der Waals surface area contributed by atoms with Crippen molar-refractivity contribution >= 4 is 33.2 Å². The molecule has 116 valence electrons. The quantitative estimate of drug-likeness (QED) is 0.849. The Bertz CT molecular complexity index is 653. The topological polar surface area (TPSA) is 41.1 Å². The minimum atomic E-state index is 0.0483. The van der Waals surface area contributed by atoms with E-state index >= 15 is 0 Å². The van der Waals surface area contributed by atoms with Crippen LogP contribution >= 0.6 is 27.3 Å². The highest BCUT2D eigenvalue weighted by atomic mass is 79.9. The first kappa shape index (κ1) is 15.7. The van der Waals surface area contributed by atoms with E-state index < -0.39 is 0 Å². The summed E-state index contributed by atoms with van der Waals surface area (Å²) in [4.78, 5) is 14.3. The fourth-order valence-corrected chi connectivity index (χ4v) is 3.88. The van der Waals surface area contributed by atoms with Crippen molar-refractivity contribution in [2.75, 3.05) is 13.1 Å². The molecular weight excluding hydrogens is 360 g/mol. The number of piperidine rings is 1. The Morgan fingerprint density at radius 2 is 2.05 bits per heavy atom. The van der Waals surface area contributed by atoms with E-state index in [0.29, 0.717) is 5.92 Å². The Morgan fingerprint density at radius 3 is 2.77 bits per heavy atom. The van der Waals surface area contributed by atoms with E-state index in [1.807, 2.05) is 24.3 Å². The van der Waals surface area contributed by atoms with Crippen molar-refractivity contribution in [3.05, 3.63) is 45.7 Å². The molecule has 1 aromatic heterocycles. The molecule has 1 aliphatic rings. The Hall–Kier alpha value is -1.17. The van der Waals surface area contributed by atoms with Gasteiger partial charge in [-0.15, -0.1) is 11.3 Å². The second-order valence-electron chi connectivity index (χ2n) is 5.72. The standard InChI is InChI=1S/C17H19BrN2OS/c1-11-10-19-9-8-14(11)20-17(21)16-7-6-15(22-16)12-2-4-13(18)5-3-12/h2-7,11,14,19H,8-10H2,1H3,(H,20,21). The molecule has 2 aromatic rings. The minimum Gasteiger partial charge on any atom is -0.348 e. The van der Waals surface area contributed by atoms with Gasteiger partial charge in [0.05, 0.1) is 4.88 Å². The van der Waals surface area contributed by atoms with Gasteiger partial charge in [0.15, 0.2) is 0 Å². The molecule has 3 rings (SSSR count). The highest BCUT2D eigenvalue weighted by Crippen LogP contribution is 2.29. The number of amides is 1. The maximum Gasteiger partial charge on any atom is 0.261 e. The zero-order chi connectivity index (χ0) is 15.5. The van der Waals surface area contributed by atoms with Crippen LogP contribution in [0.5, 0.6) is 0 Å². The van der Waals surface area contributed by atoms with Crippen molar-refractivity contribution in [2.45, 2.75) is 19.4 Å². The number of halogens is 1. The van der Waals surface area contributed by atoms with Crippen LogP contribution in [0.3, 0.4) is 0 Å². The molecule has 1 aromatic carbocycles. The molecular formula is C17H19BrN2OS. The van der Waals surface area contributed by atoms with Crippen LogP contribution in [-0.4, -0.2) is 25.0 Å². The molecule has 1 saturated heterocycles. The van der Waals surface area contributed by atoms with Crippen LogP contribution < -0.4 is 10.6 Å². The molecule has 5 heteroatoms. The summed E-state index contributed by atoms with van der Waals surface area (Å²) in [5.41, 5.74) is 1.14. The lowest BCUT2D eigenvalue weighted by Crippen LogP contribution is -2.48. The molecule has 0 bridgehead atoms. The largest absolute Gasteiger partial charge is 0.348 e. The number of nitrogens with one attached hydrogen (secondary N) is 2. The molecule has 2 atom stereocenters. The third-order valence-corrected chi connectivity index (χ3v) is 5.72. The van der Waals surface area contributed by atoms with Gasteiger partial charge in [0.2, 0.25) is 0 Å². The summed E-state index contributed by atoms with van der Waals surface area (Å²) in [7, 11) is 0. The average Bonchev–Trinajstić information content (AvgIpc) is 3.00. The average molecular weight is 379 g/mol. The van der Waals surface area contributed by atoms with Gasteiger partial charge >= 0.3 is 0 Å². The van der Waals surface area contributed by atoms with Gasteiger partial charge in [-0.05, 0) is 55.3 Å². The van der Waals surface area contributed by atoms with Gasteiger partial charge in [-0.1, -0.05) is 35.0 Å². The number of carbonyl (C=O) groups is 1. The van der Waals surface area contributed by atoms with E-state index in [1.54, 1.807) is 11.3 Å². The lowest BCUT2D eigenvalue weighted by Gasteiger charge is -2.30. The predicted octanol–water partition coefficient (Wildman–Crippen LogP) is 3.91. The molecule has 22 heavy (non-hydrogen) atoms. The fraction of sp³-hybridized carbons (Fsp3) is 0.353. The summed E-state index contributed by atoms with van der Waals surface area (Å²) in [5.74, 6) is 0.524. The highest BCUT2D eigenvalue weighted by Gasteiger charge is 2.23. The molecule has 2 N–H and O–H groups in total. The molecule has 2 unspecified atom stereocenters. The third kappa shape index (κ3) is 3.59. The van der Waals surface area contributed by atoms with Crippen LogP contribution in [0.15, 0.2) is 40.9 Å². The molecule has 0 radical (unpaired) electrons. The second-order valence-corrected chi connectivity index (χ2v) is 7.72. The summed E-state index contributed by atoms with van der Waals surface area (Å²) >= 11 is 4.99. The summed E-state index contributed by atoms with van der Waals surface area (Å²) in [6.07, 6.45) is 0.998. The van der Waals surface area contributed by atoms with Gasteiger partial charge in [0, 0.05) is 15.4 Å². The van der Waals surface area contributed by atoms with Crippen molar-refractivity contribution in [2.24, 2.45) is 5.92 Å². The molecule has 3 nitrogen and oxygen atoms in total. The highest BCUT2D eigenvalue weighted by molar-refractivity contribution is 9.10. The van der Waals surface area contributed by atoms with E-state index in [4.69, 9.17) is 0 Å². The molecule has 1 amide bonds. The zero-order valence-corrected chi connectivity index (χ0v) is 14.8. The number of hydrogen-bond donors (Lipinski definition) is 2. The summed E-state index contributed by atoms with van der Waals surface area (Å²) in [6, 6.07) is 12.4. The van der Waals surface area contributed by atoms with Crippen molar-refractivity contribution in [1.29, 1.82) is 0 Å². The number of rotatable bonds is 3. The van der Waals surface area contributed by atoms with Crippen LogP contribution in [0.1, 0.15) is 23.0 Å². The Labute approximate surface area is 143 Å². The summed E-state index contributed by atoms with van der Waals surface area (Å²) < 4.78 is 1.06. The molecule has 2 heterocycles. The zero-order valence-electron chi connectivity index (χ0n) is 12.4. The van der Waals surface area contributed by atoms with Crippen LogP contribution in [0.2, 0.25) is 0 Å². The number of hydrogen-bond acceptors (Lipinski definition) is 3. The first-order chi connectivity index (χ1) is 10.6. The van der Waals surface area contributed by atoms with Crippen molar-refractivity contribution < 1.29 is 4.79 Å². The van der Waals surface area contributed by atoms with E-state index in [1.165, 1.54) is 0 Å². The van der Waals surface area contributed by atoms with Gasteiger partial charge in [-0.25, -0.2) is 0 Å². The summed E-state index contributed by atoms with van der Waals surface area (Å²) in [5, 5.41) is 6.54. The Kier molecular flexibility index (Phi) is 4.96. The molecule has 1 aliphatic heterocycles. The van der Waals surface area contributed by atoms with E-state index in [2.05, 4.69) is 45.6 Å². The number of carbonyl (C=O) groups excluding carboxylic acids is 1. The maximum atomic E-state index is 12.4. The van der Waals surface area contributed by atoms with Crippen LogP contribution in [-0.2, 0) is 0 Å². The van der Waals surface area contributed by atoms with Crippen LogP contribution in [0.4, 0.5) is 0 Å². The number of benzene rings is 1. The van der Waals surface area contributed by atoms with E-state index in [-0.39, 0.29) is 11.9 Å². The van der Waals surface area contributed by atoms with Gasteiger partial charge in [0.25, 0.3) is 5.91 Å². The maximum absolute atomic E-state index is 12.4. The Balaban J connectivity index is 1.70. The van der Waals surface area contributed by atoms with Crippen molar-refractivity contribution in [3.8, 4) is 10.4 Å². The fourth-order valence-electron chi connectivity index (χ4n) is 2.70. The van der Waals surface area contributed by atoms with Crippen LogP contribution in [0.25, 0.3) is 10.4 Å². The SMILES string of the molecule is CC1CNCCC1NC(=O)c1ccc(-c2ccc(Br)cc2)s1. The summed E-state index contributed by atoms with van der Waals surface area (Å²) in [6.45, 7) is 4.13. The van der Waals surface area contributed by atoms with Gasteiger partial charge in [0.1, 0.15) is 0 Å². The normalized spacial score (nSPS) is 21.5. The lowest BCUT2D eigenvalue weighted by molar-refractivity contribution is 0.0918. The monoisotopic (exact) mass is 378 g/mol. The lowest BCUT2D eigenvalue weighted by atomic mass is 9.95. The number of thiophene rings is 1. The van der Waals surface area contributed by atoms with E-state index in [0.717, 1.165) is 39.3 Å². The molecule has 0 saturated carbocycles. The van der Waals surface area contributed by atoms with Gasteiger partial charge < -0.3 is 10.6 Å².